The molecule has 0 atom stereocenters. The fourth-order valence-electron chi connectivity index (χ4n) is 2.22. The average molecular weight is 301 g/mol. The Labute approximate surface area is 118 Å². The van der Waals surface area contributed by atoms with Gasteiger partial charge in [0.2, 0.25) is 5.91 Å². The standard InChI is InChI=1S/C13H14F3N3O2/c14-13(15,16)8-2-4-9(5-3-8)18-11(20)12(6-1-7-12)10(17)19-21/h2-5,21H,1,6-7H2,(H2,17,19)(H,18,20). The van der Waals surface area contributed by atoms with E-state index in [0.717, 1.165) is 18.6 Å². The Morgan fingerprint density at radius 3 is 2.24 bits per heavy atom. The van der Waals surface area contributed by atoms with E-state index in [1.807, 2.05) is 0 Å². The summed E-state index contributed by atoms with van der Waals surface area (Å²) in [6.45, 7) is 0. The summed E-state index contributed by atoms with van der Waals surface area (Å²) in [5.41, 5.74) is 3.90. The smallest absolute Gasteiger partial charge is 0.409 e. The van der Waals surface area contributed by atoms with E-state index < -0.39 is 23.1 Å². The molecule has 1 aliphatic rings. The number of nitrogens with zero attached hydrogens (tertiary/aromatic N) is 1. The van der Waals surface area contributed by atoms with Crippen molar-refractivity contribution in [3.8, 4) is 0 Å². The summed E-state index contributed by atoms with van der Waals surface area (Å²) in [6.07, 6.45) is -2.78. The Balaban J connectivity index is 2.13. The summed E-state index contributed by atoms with van der Waals surface area (Å²) in [5.74, 6) is -0.665. The van der Waals surface area contributed by atoms with Gasteiger partial charge in [-0.25, -0.2) is 0 Å². The molecular weight excluding hydrogens is 287 g/mol. The van der Waals surface area contributed by atoms with Gasteiger partial charge in [-0.2, -0.15) is 13.2 Å². The van der Waals surface area contributed by atoms with Gasteiger partial charge in [0, 0.05) is 5.69 Å². The minimum Gasteiger partial charge on any atom is -0.409 e. The van der Waals surface area contributed by atoms with Gasteiger partial charge in [-0.3, -0.25) is 4.79 Å². The third kappa shape index (κ3) is 2.79. The molecule has 1 aromatic rings. The number of nitrogens with two attached hydrogens (primary N) is 1. The molecule has 114 valence electrons. The van der Waals surface area contributed by atoms with Crippen LogP contribution in [0.4, 0.5) is 18.9 Å². The molecule has 0 aliphatic heterocycles. The molecule has 0 radical (unpaired) electrons. The van der Waals surface area contributed by atoms with Crippen molar-refractivity contribution in [2.45, 2.75) is 25.4 Å². The summed E-state index contributed by atoms with van der Waals surface area (Å²) in [5, 5.41) is 14.1. The molecule has 0 saturated heterocycles. The molecule has 1 aromatic carbocycles. The number of nitrogens with one attached hydrogen (secondary N) is 1. The second-order valence-corrected chi connectivity index (χ2v) is 4.95. The van der Waals surface area contributed by atoms with Crippen molar-refractivity contribution >= 4 is 17.4 Å². The number of hydrogen-bond donors (Lipinski definition) is 3. The lowest BCUT2D eigenvalue weighted by Crippen LogP contribution is -2.51. The maximum Gasteiger partial charge on any atom is 0.416 e. The summed E-state index contributed by atoms with van der Waals surface area (Å²) in [7, 11) is 0. The molecule has 1 saturated carbocycles. The Bertz CT molecular complexity index is 563. The predicted octanol–water partition coefficient (Wildman–Crippen LogP) is 2.56. The molecule has 8 heteroatoms. The quantitative estimate of drug-likeness (QED) is 0.347. The highest BCUT2D eigenvalue weighted by Gasteiger charge is 2.48. The first-order valence-electron chi connectivity index (χ1n) is 6.26. The van der Waals surface area contributed by atoms with Gasteiger partial charge in [-0.1, -0.05) is 11.6 Å². The van der Waals surface area contributed by atoms with Gasteiger partial charge in [-0.05, 0) is 37.1 Å². The normalized spacial score (nSPS) is 18.0. The van der Waals surface area contributed by atoms with E-state index in [9.17, 15) is 18.0 Å². The van der Waals surface area contributed by atoms with Crippen molar-refractivity contribution in [1.29, 1.82) is 0 Å². The number of hydrogen-bond acceptors (Lipinski definition) is 3. The van der Waals surface area contributed by atoms with Crippen LogP contribution in [0.5, 0.6) is 0 Å². The van der Waals surface area contributed by atoms with E-state index >= 15 is 0 Å². The molecule has 1 fully saturated rings. The zero-order chi connectivity index (χ0) is 15.7. The van der Waals surface area contributed by atoms with Crippen LogP contribution in [-0.2, 0) is 11.0 Å². The van der Waals surface area contributed by atoms with Gasteiger partial charge in [0.05, 0.1) is 5.56 Å². The largest absolute Gasteiger partial charge is 0.416 e. The van der Waals surface area contributed by atoms with Crippen LogP contribution in [0.25, 0.3) is 0 Å². The lowest BCUT2D eigenvalue weighted by Gasteiger charge is -2.38. The average Bonchev–Trinajstić information content (AvgIpc) is 2.36. The van der Waals surface area contributed by atoms with E-state index in [0.29, 0.717) is 12.8 Å². The van der Waals surface area contributed by atoms with E-state index in [1.54, 1.807) is 0 Å². The van der Waals surface area contributed by atoms with Crippen molar-refractivity contribution in [3.05, 3.63) is 29.8 Å². The number of carbonyl (C=O) groups excluding carboxylic acids is 1. The fourth-order valence-corrected chi connectivity index (χ4v) is 2.22. The number of halogens is 3. The summed E-state index contributed by atoms with van der Waals surface area (Å²) < 4.78 is 37.3. The first kappa shape index (κ1) is 15.1. The highest BCUT2D eigenvalue weighted by Crippen LogP contribution is 2.42. The molecule has 21 heavy (non-hydrogen) atoms. The predicted molar refractivity (Wildman–Crippen MR) is 69.8 cm³/mol. The zero-order valence-corrected chi connectivity index (χ0v) is 10.9. The minimum absolute atomic E-state index is 0.182. The van der Waals surface area contributed by atoms with E-state index in [2.05, 4.69) is 10.5 Å². The Morgan fingerprint density at radius 1 is 1.29 bits per heavy atom. The second kappa shape index (κ2) is 5.27. The monoisotopic (exact) mass is 301 g/mol. The van der Waals surface area contributed by atoms with E-state index in [1.165, 1.54) is 12.1 Å². The molecule has 0 heterocycles. The number of anilines is 1. The van der Waals surface area contributed by atoms with Crippen LogP contribution < -0.4 is 11.1 Å². The van der Waals surface area contributed by atoms with Gasteiger partial charge in [0.1, 0.15) is 5.41 Å². The number of oxime groups is 1. The van der Waals surface area contributed by atoms with Gasteiger partial charge in [-0.15, -0.1) is 0 Å². The Hall–Kier alpha value is -2.25. The highest BCUT2D eigenvalue weighted by molar-refractivity contribution is 6.12. The summed E-state index contributed by atoms with van der Waals surface area (Å²) in [4.78, 5) is 12.2. The molecule has 1 amide bonds. The van der Waals surface area contributed by atoms with Crippen molar-refractivity contribution in [2.24, 2.45) is 16.3 Å². The SMILES string of the molecule is N/C(=N/O)C1(C(=O)Nc2ccc(C(F)(F)F)cc2)CCC1. The third-order valence-electron chi connectivity index (χ3n) is 3.71. The number of benzene rings is 1. The number of carbonyl (C=O) groups is 1. The molecule has 0 unspecified atom stereocenters. The Morgan fingerprint density at radius 2 is 1.86 bits per heavy atom. The molecule has 0 aromatic heterocycles. The van der Waals surface area contributed by atoms with Gasteiger partial charge in [0.15, 0.2) is 5.84 Å². The molecule has 2 rings (SSSR count). The zero-order valence-electron chi connectivity index (χ0n) is 10.9. The minimum atomic E-state index is -4.42. The van der Waals surface area contributed by atoms with Crippen molar-refractivity contribution in [3.63, 3.8) is 0 Å². The Kier molecular flexibility index (Phi) is 3.80. The van der Waals surface area contributed by atoms with Gasteiger partial charge >= 0.3 is 6.18 Å². The molecule has 5 nitrogen and oxygen atoms in total. The van der Waals surface area contributed by atoms with Crippen molar-refractivity contribution in [2.75, 3.05) is 5.32 Å². The molecule has 1 aliphatic carbocycles. The second-order valence-electron chi connectivity index (χ2n) is 4.95. The number of alkyl halides is 3. The highest BCUT2D eigenvalue weighted by atomic mass is 19.4. The maximum absolute atomic E-state index is 12.4. The summed E-state index contributed by atoms with van der Waals surface area (Å²) >= 11 is 0. The fraction of sp³-hybridized carbons (Fsp3) is 0.385. The maximum atomic E-state index is 12.4. The molecule has 0 bridgehead atoms. The topological polar surface area (TPSA) is 87.7 Å². The van der Waals surface area contributed by atoms with Crippen LogP contribution in [0.3, 0.4) is 0 Å². The first-order valence-corrected chi connectivity index (χ1v) is 6.26. The van der Waals surface area contributed by atoms with Crippen LogP contribution in [0.15, 0.2) is 29.4 Å². The van der Waals surface area contributed by atoms with Crippen molar-refractivity contribution in [1.82, 2.24) is 0 Å². The molecular formula is C13H14F3N3O2. The number of rotatable bonds is 3. The molecule has 0 spiro atoms. The van der Waals surface area contributed by atoms with Crippen LogP contribution in [0.2, 0.25) is 0 Å². The lowest BCUT2D eigenvalue weighted by molar-refractivity contribution is -0.137. The number of amidine groups is 1. The number of amides is 1. The van der Waals surface area contributed by atoms with Crippen LogP contribution >= 0.6 is 0 Å². The van der Waals surface area contributed by atoms with E-state index in [4.69, 9.17) is 10.9 Å². The molecule has 4 N–H and O–H groups in total. The van der Waals surface area contributed by atoms with Crippen LogP contribution in [0, 0.1) is 5.41 Å². The van der Waals surface area contributed by atoms with Crippen LogP contribution in [0.1, 0.15) is 24.8 Å². The van der Waals surface area contributed by atoms with Gasteiger partial charge in [0.25, 0.3) is 0 Å². The lowest BCUT2D eigenvalue weighted by atomic mass is 9.67. The third-order valence-corrected chi connectivity index (χ3v) is 3.71. The van der Waals surface area contributed by atoms with Crippen molar-refractivity contribution < 1.29 is 23.2 Å². The summed E-state index contributed by atoms with van der Waals surface area (Å²) in [6, 6.07) is 4.10. The van der Waals surface area contributed by atoms with Crippen LogP contribution in [-0.4, -0.2) is 17.0 Å². The first-order chi connectivity index (χ1) is 9.79. The van der Waals surface area contributed by atoms with Gasteiger partial charge < -0.3 is 16.3 Å². The van der Waals surface area contributed by atoms with E-state index in [-0.39, 0.29) is 11.5 Å².